The number of hydrogen-bond donors (Lipinski definition) is 1. The second-order valence-corrected chi connectivity index (χ2v) is 5.70. The number of carbonyl (C=O) groups is 1. The van der Waals surface area contributed by atoms with Gasteiger partial charge in [-0.1, -0.05) is 28.1 Å². The molecular formula is C14H14BrN5O3. The molecule has 0 bridgehead atoms. The van der Waals surface area contributed by atoms with Gasteiger partial charge in [-0.3, -0.25) is 19.6 Å². The molecule has 9 heteroatoms. The average Bonchev–Trinajstić information content (AvgIpc) is 2.73. The molecule has 0 aliphatic carbocycles. The van der Waals surface area contributed by atoms with Crippen molar-refractivity contribution < 1.29 is 9.72 Å². The molecule has 2 rings (SSSR count). The number of nitrogens with one attached hydrogen (secondary N) is 1. The number of carbonyl (C=O) groups excluding carboxylic acids is 1. The molecule has 2 aromatic rings. The first-order chi connectivity index (χ1) is 10.9. The molecule has 0 aliphatic heterocycles. The first-order valence-electron chi connectivity index (χ1n) is 6.64. The molecule has 1 amide bonds. The van der Waals surface area contributed by atoms with Crippen LogP contribution in [0.1, 0.15) is 17.0 Å². The first kappa shape index (κ1) is 16.8. The summed E-state index contributed by atoms with van der Waals surface area (Å²) in [5.74, 6) is -0.420. The Hall–Kier alpha value is -2.55. The smallest absolute Gasteiger partial charge is 0.271 e. The predicted molar refractivity (Wildman–Crippen MR) is 88.2 cm³/mol. The Morgan fingerprint density at radius 1 is 1.52 bits per heavy atom. The molecule has 1 heterocycles. The van der Waals surface area contributed by atoms with E-state index in [2.05, 4.69) is 31.6 Å². The summed E-state index contributed by atoms with van der Waals surface area (Å²) in [6, 6.07) is 7.42. The van der Waals surface area contributed by atoms with Gasteiger partial charge in [0.15, 0.2) is 0 Å². The highest BCUT2D eigenvalue weighted by Crippen LogP contribution is 2.21. The number of amides is 1. The Morgan fingerprint density at radius 3 is 2.87 bits per heavy atom. The highest BCUT2D eigenvalue weighted by molar-refractivity contribution is 9.10. The number of hydrogen-bond acceptors (Lipinski definition) is 5. The number of aryl methyl sites for hydroxylation is 1. The van der Waals surface area contributed by atoms with Crippen molar-refractivity contribution in [3.8, 4) is 0 Å². The van der Waals surface area contributed by atoms with Crippen LogP contribution in [-0.4, -0.2) is 26.8 Å². The number of hydrazone groups is 1. The number of benzene rings is 1. The lowest BCUT2D eigenvalue weighted by molar-refractivity contribution is -0.386. The Bertz CT molecular complexity index is 785. The van der Waals surface area contributed by atoms with E-state index in [0.29, 0.717) is 5.69 Å². The molecule has 120 valence electrons. The molecule has 0 spiro atoms. The Morgan fingerprint density at radius 2 is 2.26 bits per heavy atom. The second kappa shape index (κ2) is 7.14. The van der Waals surface area contributed by atoms with Crippen molar-refractivity contribution in [1.82, 2.24) is 15.2 Å². The van der Waals surface area contributed by atoms with Gasteiger partial charge in [-0.25, -0.2) is 5.43 Å². The third-order valence-corrected chi connectivity index (χ3v) is 3.56. The number of rotatable bonds is 5. The van der Waals surface area contributed by atoms with E-state index >= 15 is 0 Å². The van der Waals surface area contributed by atoms with Crippen LogP contribution in [0.4, 0.5) is 5.69 Å². The summed E-state index contributed by atoms with van der Waals surface area (Å²) in [5.41, 5.74) is 3.72. The maximum atomic E-state index is 11.8. The quantitative estimate of drug-likeness (QED) is 0.489. The van der Waals surface area contributed by atoms with Crippen molar-refractivity contribution in [2.75, 3.05) is 0 Å². The van der Waals surface area contributed by atoms with Crippen molar-refractivity contribution >= 4 is 33.7 Å². The van der Waals surface area contributed by atoms with Crippen LogP contribution in [0.2, 0.25) is 0 Å². The van der Waals surface area contributed by atoms with Crippen LogP contribution in [0, 0.1) is 24.0 Å². The molecular weight excluding hydrogens is 366 g/mol. The van der Waals surface area contributed by atoms with E-state index < -0.39 is 10.8 Å². The van der Waals surface area contributed by atoms with E-state index in [1.54, 1.807) is 6.92 Å². The number of aromatic nitrogens is 2. The van der Waals surface area contributed by atoms with Gasteiger partial charge in [0.2, 0.25) is 0 Å². The number of halogens is 1. The van der Waals surface area contributed by atoms with Crippen molar-refractivity contribution in [2.24, 2.45) is 5.10 Å². The summed E-state index contributed by atoms with van der Waals surface area (Å²) in [4.78, 5) is 22.3. The fourth-order valence-corrected chi connectivity index (χ4v) is 2.46. The van der Waals surface area contributed by atoms with E-state index in [0.717, 1.165) is 10.0 Å². The van der Waals surface area contributed by atoms with E-state index in [1.807, 2.05) is 24.3 Å². The lowest BCUT2D eigenvalue weighted by Gasteiger charge is -2.02. The summed E-state index contributed by atoms with van der Waals surface area (Å²) in [7, 11) is 0. The Labute approximate surface area is 140 Å². The van der Waals surface area contributed by atoms with E-state index in [4.69, 9.17) is 0 Å². The summed E-state index contributed by atoms with van der Waals surface area (Å²) in [6.45, 7) is 2.94. The highest BCUT2D eigenvalue weighted by atomic mass is 79.9. The molecule has 0 saturated heterocycles. The maximum Gasteiger partial charge on any atom is 0.312 e. The fraction of sp³-hybridized carbons (Fsp3) is 0.214. The minimum Gasteiger partial charge on any atom is -0.271 e. The lowest BCUT2D eigenvalue weighted by atomic mass is 10.2. The SMILES string of the molecule is Cc1nn(CC(=O)NN=Cc2cccc(Br)c2)c(C)c1[N+](=O)[O-]. The highest BCUT2D eigenvalue weighted by Gasteiger charge is 2.22. The number of nitrogens with zero attached hydrogens (tertiary/aromatic N) is 4. The van der Waals surface area contributed by atoms with Crippen molar-refractivity contribution in [1.29, 1.82) is 0 Å². The zero-order valence-corrected chi connectivity index (χ0v) is 14.1. The standard InChI is InChI=1S/C14H14BrN5O3/c1-9-14(20(22)23)10(2)19(18-9)8-13(21)17-16-7-11-4-3-5-12(15)6-11/h3-7H,8H2,1-2H3,(H,17,21). The summed E-state index contributed by atoms with van der Waals surface area (Å²) < 4.78 is 2.19. The van der Waals surface area contributed by atoms with Crippen LogP contribution in [-0.2, 0) is 11.3 Å². The van der Waals surface area contributed by atoms with E-state index in [1.165, 1.54) is 17.8 Å². The van der Waals surface area contributed by atoms with Gasteiger partial charge < -0.3 is 0 Å². The molecule has 23 heavy (non-hydrogen) atoms. The van der Waals surface area contributed by atoms with Crippen LogP contribution >= 0.6 is 15.9 Å². The van der Waals surface area contributed by atoms with Crippen LogP contribution in [0.5, 0.6) is 0 Å². The van der Waals surface area contributed by atoms with Crippen LogP contribution in [0.15, 0.2) is 33.8 Å². The molecule has 1 N–H and O–H groups in total. The molecule has 0 radical (unpaired) electrons. The van der Waals surface area contributed by atoms with Gasteiger partial charge in [0.25, 0.3) is 5.91 Å². The van der Waals surface area contributed by atoms with Gasteiger partial charge in [-0.05, 0) is 31.5 Å². The summed E-state index contributed by atoms with van der Waals surface area (Å²) in [5, 5.41) is 18.8. The zero-order chi connectivity index (χ0) is 17.0. The zero-order valence-electron chi connectivity index (χ0n) is 12.5. The van der Waals surface area contributed by atoms with Gasteiger partial charge in [0.05, 0.1) is 11.1 Å². The third-order valence-electron chi connectivity index (χ3n) is 3.07. The Balaban J connectivity index is 2.00. The first-order valence-corrected chi connectivity index (χ1v) is 7.43. The van der Waals surface area contributed by atoms with Crippen LogP contribution in [0.25, 0.3) is 0 Å². The van der Waals surface area contributed by atoms with Crippen molar-refractivity contribution in [2.45, 2.75) is 20.4 Å². The van der Waals surface area contributed by atoms with Crippen LogP contribution in [0.3, 0.4) is 0 Å². The molecule has 0 fully saturated rings. The van der Waals surface area contributed by atoms with Gasteiger partial charge in [-0.15, -0.1) is 0 Å². The minimum absolute atomic E-state index is 0.0737. The summed E-state index contributed by atoms with van der Waals surface area (Å²) >= 11 is 3.34. The van der Waals surface area contributed by atoms with Crippen molar-refractivity contribution in [3.05, 3.63) is 55.8 Å². The molecule has 0 aliphatic rings. The predicted octanol–water partition coefficient (Wildman–Crippen LogP) is 2.32. The van der Waals surface area contributed by atoms with Crippen molar-refractivity contribution in [3.63, 3.8) is 0 Å². The number of nitro groups is 1. The van der Waals surface area contributed by atoms with Gasteiger partial charge in [0, 0.05) is 4.47 Å². The van der Waals surface area contributed by atoms with E-state index in [9.17, 15) is 14.9 Å². The molecule has 8 nitrogen and oxygen atoms in total. The second-order valence-electron chi connectivity index (χ2n) is 4.78. The fourth-order valence-electron chi connectivity index (χ4n) is 2.04. The normalized spacial score (nSPS) is 10.9. The van der Waals surface area contributed by atoms with Gasteiger partial charge in [-0.2, -0.15) is 10.2 Å². The Kier molecular flexibility index (Phi) is 5.22. The van der Waals surface area contributed by atoms with Crippen LogP contribution < -0.4 is 5.43 Å². The topological polar surface area (TPSA) is 102 Å². The van der Waals surface area contributed by atoms with Gasteiger partial charge >= 0.3 is 5.69 Å². The molecule has 1 aromatic heterocycles. The molecule has 0 atom stereocenters. The molecule has 1 aromatic carbocycles. The molecule has 0 unspecified atom stereocenters. The lowest BCUT2D eigenvalue weighted by Crippen LogP contribution is -2.24. The average molecular weight is 380 g/mol. The van der Waals surface area contributed by atoms with E-state index in [-0.39, 0.29) is 17.9 Å². The molecule has 0 saturated carbocycles. The van der Waals surface area contributed by atoms with Gasteiger partial charge in [0.1, 0.15) is 17.9 Å². The minimum atomic E-state index is -0.502. The third kappa shape index (κ3) is 4.22. The largest absolute Gasteiger partial charge is 0.312 e. The maximum absolute atomic E-state index is 11.8. The summed E-state index contributed by atoms with van der Waals surface area (Å²) in [6.07, 6.45) is 1.51. The monoisotopic (exact) mass is 379 g/mol.